The highest BCUT2D eigenvalue weighted by Gasteiger charge is 2.40. The van der Waals surface area contributed by atoms with E-state index in [0.29, 0.717) is 12.0 Å². The number of carbonyl (C=O) groups is 1. The minimum atomic E-state index is -0.509. The van der Waals surface area contributed by atoms with Gasteiger partial charge in [-0.05, 0) is 39.5 Å². The number of nitrogens with two attached hydrogens (primary N) is 1. The molecular weight excluding hydrogens is 176 g/mol. The van der Waals surface area contributed by atoms with Crippen molar-refractivity contribution in [1.82, 2.24) is 5.32 Å². The predicted molar refractivity (Wildman–Crippen MR) is 57.8 cm³/mol. The molecular formula is C11H22N2O. The smallest absolute Gasteiger partial charge is 0.237 e. The van der Waals surface area contributed by atoms with Gasteiger partial charge in [-0.25, -0.2) is 0 Å². The van der Waals surface area contributed by atoms with Gasteiger partial charge < -0.3 is 11.1 Å². The van der Waals surface area contributed by atoms with Crippen LogP contribution in [0.15, 0.2) is 0 Å². The van der Waals surface area contributed by atoms with Crippen LogP contribution in [-0.4, -0.2) is 17.5 Å². The van der Waals surface area contributed by atoms with E-state index < -0.39 is 5.54 Å². The molecule has 0 radical (unpaired) electrons. The van der Waals surface area contributed by atoms with Crippen molar-refractivity contribution in [3.05, 3.63) is 0 Å². The second-order valence-electron chi connectivity index (χ2n) is 4.85. The predicted octanol–water partition coefficient (Wildman–Crippen LogP) is 1.42. The lowest BCUT2D eigenvalue weighted by Gasteiger charge is -2.35. The molecule has 1 fully saturated rings. The highest BCUT2D eigenvalue weighted by atomic mass is 16.1. The summed E-state index contributed by atoms with van der Waals surface area (Å²) in [4.78, 5) is 11.5. The lowest BCUT2D eigenvalue weighted by Crippen LogP contribution is -2.59. The highest BCUT2D eigenvalue weighted by molar-refractivity contribution is 5.84. The van der Waals surface area contributed by atoms with Crippen molar-refractivity contribution in [2.45, 2.75) is 58.0 Å². The second-order valence-corrected chi connectivity index (χ2v) is 4.85. The van der Waals surface area contributed by atoms with Gasteiger partial charge in [0.25, 0.3) is 0 Å². The third kappa shape index (κ3) is 2.27. The van der Waals surface area contributed by atoms with E-state index >= 15 is 0 Å². The first-order valence-electron chi connectivity index (χ1n) is 5.54. The fraction of sp³-hybridized carbons (Fsp3) is 0.909. The van der Waals surface area contributed by atoms with Gasteiger partial charge in [-0.3, -0.25) is 4.79 Å². The Kier molecular flexibility index (Phi) is 3.53. The molecule has 0 spiro atoms. The monoisotopic (exact) mass is 198 g/mol. The minimum absolute atomic E-state index is 0.210. The summed E-state index contributed by atoms with van der Waals surface area (Å²) in [6.45, 7) is 6.05. The lowest BCUT2D eigenvalue weighted by atomic mass is 9.83. The summed E-state index contributed by atoms with van der Waals surface area (Å²) in [7, 11) is 0. The van der Waals surface area contributed by atoms with Crippen molar-refractivity contribution in [2.24, 2.45) is 11.7 Å². The molecule has 0 bridgehead atoms. The van der Waals surface area contributed by atoms with Crippen molar-refractivity contribution < 1.29 is 4.79 Å². The Bertz CT molecular complexity index is 209. The largest absolute Gasteiger partial charge is 0.368 e. The topological polar surface area (TPSA) is 55.1 Å². The van der Waals surface area contributed by atoms with Crippen molar-refractivity contribution in [1.29, 1.82) is 0 Å². The standard InChI is InChI=1S/C11H22N2O/c1-8(2)13-11(3,10(12)14)9-6-4-5-7-9/h8-9,13H,4-7H2,1-3H3,(H2,12,14). The molecule has 1 aliphatic carbocycles. The van der Waals surface area contributed by atoms with Crippen molar-refractivity contribution in [2.75, 3.05) is 0 Å². The van der Waals surface area contributed by atoms with E-state index in [1.165, 1.54) is 12.8 Å². The number of rotatable bonds is 4. The van der Waals surface area contributed by atoms with Gasteiger partial charge in [-0.2, -0.15) is 0 Å². The highest BCUT2D eigenvalue weighted by Crippen LogP contribution is 2.34. The number of nitrogens with one attached hydrogen (secondary N) is 1. The van der Waals surface area contributed by atoms with Crippen LogP contribution in [0.1, 0.15) is 46.5 Å². The molecule has 14 heavy (non-hydrogen) atoms. The molecule has 1 unspecified atom stereocenters. The van der Waals surface area contributed by atoms with E-state index in [1.807, 2.05) is 6.92 Å². The van der Waals surface area contributed by atoms with Gasteiger partial charge in [0.2, 0.25) is 5.91 Å². The molecule has 3 N–H and O–H groups in total. The summed E-state index contributed by atoms with van der Waals surface area (Å²) in [6.07, 6.45) is 4.71. The quantitative estimate of drug-likeness (QED) is 0.717. The molecule has 0 aliphatic heterocycles. The average molecular weight is 198 g/mol. The molecule has 0 aromatic heterocycles. The van der Waals surface area contributed by atoms with Crippen LogP contribution < -0.4 is 11.1 Å². The molecule has 1 rings (SSSR count). The van der Waals surface area contributed by atoms with Gasteiger partial charge >= 0.3 is 0 Å². The Labute approximate surface area is 86.4 Å². The van der Waals surface area contributed by atoms with Gasteiger partial charge in [0.05, 0.1) is 5.54 Å². The summed E-state index contributed by atoms with van der Waals surface area (Å²) in [5.41, 5.74) is 4.99. The summed E-state index contributed by atoms with van der Waals surface area (Å²) in [5.74, 6) is 0.209. The molecule has 0 aromatic carbocycles. The zero-order valence-corrected chi connectivity index (χ0v) is 9.47. The Morgan fingerprint density at radius 2 is 1.93 bits per heavy atom. The molecule has 3 heteroatoms. The summed E-state index contributed by atoms with van der Waals surface area (Å²) in [5, 5.41) is 3.32. The normalized spacial score (nSPS) is 22.6. The maximum Gasteiger partial charge on any atom is 0.237 e. The maximum absolute atomic E-state index is 11.5. The van der Waals surface area contributed by atoms with Gasteiger partial charge in [0.1, 0.15) is 0 Å². The van der Waals surface area contributed by atoms with Crippen LogP contribution in [0, 0.1) is 5.92 Å². The Morgan fingerprint density at radius 3 is 2.29 bits per heavy atom. The third-order valence-electron chi connectivity index (χ3n) is 3.27. The number of hydrogen-bond acceptors (Lipinski definition) is 2. The van der Waals surface area contributed by atoms with Crippen LogP contribution in [0.25, 0.3) is 0 Å². The Hall–Kier alpha value is -0.570. The van der Waals surface area contributed by atoms with Gasteiger partial charge in [-0.1, -0.05) is 12.8 Å². The Balaban J connectivity index is 2.74. The van der Waals surface area contributed by atoms with Crippen LogP contribution in [0.3, 0.4) is 0 Å². The number of carbonyl (C=O) groups excluding carboxylic acids is 1. The lowest BCUT2D eigenvalue weighted by molar-refractivity contribution is -0.126. The van der Waals surface area contributed by atoms with Gasteiger partial charge in [0, 0.05) is 6.04 Å². The number of primary amides is 1. The first kappa shape index (κ1) is 11.5. The van der Waals surface area contributed by atoms with Crippen LogP contribution in [0.5, 0.6) is 0 Å². The van der Waals surface area contributed by atoms with Gasteiger partial charge in [0.15, 0.2) is 0 Å². The first-order chi connectivity index (χ1) is 6.47. The zero-order valence-electron chi connectivity index (χ0n) is 9.47. The van der Waals surface area contributed by atoms with Crippen LogP contribution in [-0.2, 0) is 4.79 Å². The number of hydrogen-bond donors (Lipinski definition) is 2. The fourth-order valence-electron chi connectivity index (χ4n) is 2.49. The van der Waals surface area contributed by atoms with Crippen molar-refractivity contribution in [3.63, 3.8) is 0 Å². The molecule has 0 saturated heterocycles. The molecule has 82 valence electrons. The van der Waals surface area contributed by atoms with E-state index in [4.69, 9.17) is 5.73 Å². The van der Waals surface area contributed by atoms with Crippen LogP contribution in [0.2, 0.25) is 0 Å². The van der Waals surface area contributed by atoms with E-state index in [2.05, 4.69) is 19.2 Å². The average Bonchev–Trinajstić information content (AvgIpc) is 2.53. The first-order valence-corrected chi connectivity index (χ1v) is 5.54. The molecule has 1 aliphatic rings. The maximum atomic E-state index is 11.5. The van der Waals surface area contributed by atoms with E-state index in [0.717, 1.165) is 12.8 Å². The summed E-state index contributed by atoms with van der Waals surface area (Å²) < 4.78 is 0. The summed E-state index contributed by atoms with van der Waals surface area (Å²) >= 11 is 0. The van der Waals surface area contributed by atoms with E-state index in [9.17, 15) is 4.79 Å². The summed E-state index contributed by atoms with van der Waals surface area (Å²) in [6, 6.07) is 0.299. The van der Waals surface area contributed by atoms with E-state index in [1.54, 1.807) is 0 Å². The van der Waals surface area contributed by atoms with Crippen molar-refractivity contribution >= 4 is 5.91 Å². The zero-order chi connectivity index (χ0) is 10.8. The fourth-order valence-corrected chi connectivity index (χ4v) is 2.49. The van der Waals surface area contributed by atoms with Crippen LogP contribution >= 0.6 is 0 Å². The number of amides is 1. The molecule has 1 atom stereocenters. The van der Waals surface area contributed by atoms with Gasteiger partial charge in [-0.15, -0.1) is 0 Å². The third-order valence-corrected chi connectivity index (χ3v) is 3.27. The molecule has 1 saturated carbocycles. The van der Waals surface area contributed by atoms with Crippen molar-refractivity contribution in [3.8, 4) is 0 Å². The SMILES string of the molecule is CC(C)NC(C)(C(N)=O)C1CCCC1. The second kappa shape index (κ2) is 4.30. The molecule has 0 heterocycles. The van der Waals surface area contributed by atoms with E-state index in [-0.39, 0.29) is 5.91 Å². The minimum Gasteiger partial charge on any atom is -0.368 e. The van der Waals surface area contributed by atoms with Crippen LogP contribution in [0.4, 0.5) is 0 Å². The molecule has 1 amide bonds. The Morgan fingerprint density at radius 1 is 1.43 bits per heavy atom. The molecule has 0 aromatic rings. The molecule has 3 nitrogen and oxygen atoms in total.